The highest BCUT2D eigenvalue weighted by atomic mass is 35.5. The quantitative estimate of drug-likeness (QED) is 0.687. The van der Waals surface area contributed by atoms with E-state index >= 15 is 0 Å². The van der Waals surface area contributed by atoms with E-state index in [9.17, 15) is 19.3 Å². The van der Waals surface area contributed by atoms with E-state index in [0.29, 0.717) is 20.4 Å². The second-order valence-electron chi connectivity index (χ2n) is 6.69. The lowest BCUT2D eigenvalue weighted by molar-refractivity contribution is 0.00159. The van der Waals surface area contributed by atoms with Crippen LogP contribution in [-0.2, 0) is 22.5 Å². The number of β-amino-alcohol motifs (C(OH)–C–C–N with tert-alkyl or cyclic N) is 1. The third-order valence-electron chi connectivity index (χ3n) is 4.68. The van der Waals surface area contributed by atoms with Crippen molar-refractivity contribution in [1.29, 1.82) is 5.26 Å². The number of rotatable bonds is 5. The molecular weight excluding hydrogens is 420 g/mol. The third-order valence-corrected chi connectivity index (χ3v) is 8.42. The zero-order chi connectivity index (χ0) is 20.5. The zero-order valence-corrected chi connectivity index (χ0v) is 17.4. The van der Waals surface area contributed by atoms with E-state index < -0.39 is 40.0 Å². The van der Waals surface area contributed by atoms with Gasteiger partial charge in [0.25, 0.3) is 0 Å². The number of nitrogens with zero attached hydrogens (tertiary/aromatic N) is 2. The Balaban J connectivity index is 1.85. The largest absolute Gasteiger partial charge is 0.611 e. The first-order valence-electron chi connectivity index (χ1n) is 8.46. The van der Waals surface area contributed by atoms with E-state index in [1.807, 2.05) is 13.0 Å². The molecule has 4 atom stereocenters. The van der Waals surface area contributed by atoms with Crippen LogP contribution in [0.15, 0.2) is 52.3 Å². The minimum absolute atomic E-state index is 0.0560. The van der Waals surface area contributed by atoms with Crippen LogP contribution in [0, 0.1) is 18.3 Å². The van der Waals surface area contributed by atoms with Gasteiger partial charge in [-0.15, -0.1) is 4.31 Å². The predicted molar refractivity (Wildman–Crippen MR) is 108 cm³/mol. The van der Waals surface area contributed by atoms with Gasteiger partial charge in [-0.25, -0.2) is 0 Å². The Kier molecular flexibility index (Phi) is 6.59. The number of hydrogen-bond donors (Lipinski definition) is 2. The fourth-order valence-electron chi connectivity index (χ4n) is 3.09. The van der Waals surface area contributed by atoms with Gasteiger partial charge in [-0.3, -0.25) is 0 Å². The molecule has 9 heteroatoms. The summed E-state index contributed by atoms with van der Waals surface area (Å²) in [5.74, 6) is 0. The van der Waals surface area contributed by atoms with Crippen molar-refractivity contribution in [3.05, 3.63) is 58.6 Å². The van der Waals surface area contributed by atoms with Gasteiger partial charge in [0.1, 0.15) is 0 Å². The van der Waals surface area contributed by atoms with Gasteiger partial charge in [-0.2, -0.15) is 5.26 Å². The highest BCUT2D eigenvalue weighted by molar-refractivity contribution is 7.92. The van der Waals surface area contributed by atoms with Gasteiger partial charge in [0, 0.05) is 0 Å². The van der Waals surface area contributed by atoms with Crippen molar-refractivity contribution in [3.63, 3.8) is 0 Å². The van der Waals surface area contributed by atoms with Crippen LogP contribution in [-0.4, -0.2) is 54.2 Å². The SMILES string of the molecule is Cc1ccc([S+]([O-])N2C[C@H]([S+]([O-])c3ccc(C#N)cc3)C(O)(CO)C2)c(Cl)c1. The van der Waals surface area contributed by atoms with Crippen LogP contribution >= 0.6 is 11.6 Å². The van der Waals surface area contributed by atoms with E-state index in [4.69, 9.17) is 16.9 Å². The smallest absolute Gasteiger partial charge is 0.192 e. The topological polar surface area (TPSA) is 114 Å². The maximum atomic E-state index is 13.0. The molecule has 0 saturated carbocycles. The second kappa shape index (κ2) is 8.61. The van der Waals surface area contributed by atoms with Gasteiger partial charge in [-0.1, -0.05) is 17.7 Å². The molecule has 28 heavy (non-hydrogen) atoms. The first-order valence-corrected chi connectivity index (χ1v) is 11.2. The summed E-state index contributed by atoms with van der Waals surface area (Å²) in [6.07, 6.45) is 0. The highest BCUT2D eigenvalue weighted by Crippen LogP contribution is 2.36. The van der Waals surface area contributed by atoms with E-state index in [-0.39, 0.29) is 13.1 Å². The zero-order valence-electron chi connectivity index (χ0n) is 15.0. The number of aryl methyl sites for hydroxylation is 1. The highest BCUT2D eigenvalue weighted by Gasteiger charge is 2.56. The van der Waals surface area contributed by atoms with Crippen molar-refractivity contribution in [2.45, 2.75) is 27.6 Å². The molecule has 0 radical (unpaired) electrons. The van der Waals surface area contributed by atoms with Gasteiger partial charge in [-0.05, 0) is 60.1 Å². The summed E-state index contributed by atoms with van der Waals surface area (Å²) in [5, 5.41) is 29.0. The molecule has 0 spiro atoms. The molecule has 1 aliphatic rings. The lowest BCUT2D eigenvalue weighted by atomic mass is 10.1. The van der Waals surface area contributed by atoms with Crippen LogP contribution < -0.4 is 0 Å². The first-order chi connectivity index (χ1) is 13.3. The number of halogens is 1. The van der Waals surface area contributed by atoms with Crippen LogP contribution in [0.4, 0.5) is 0 Å². The summed E-state index contributed by atoms with van der Waals surface area (Å²) < 4.78 is 27.5. The van der Waals surface area contributed by atoms with Crippen molar-refractivity contribution < 1.29 is 19.3 Å². The molecular formula is C19H19ClN2O4S2. The molecule has 1 saturated heterocycles. The molecule has 3 rings (SSSR count). The lowest BCUT2D eigenvalue weighted by Crippen LogP contribution is -2.49. The summed E-state index contributed by atoms with van der Waals surface area (Å²) in [7, 11) is 0. The minimum atomic E-state index is -1.68. The average Bonchev–Trinajstić information content (AvgIpc) is 3.05. The Morgan fingerprint density at radius 3 is 2.54 bits per heavy atom. The molecule has 6 nitrogen and oxygen atoms in total. The summed E-state index contributed by atoms with van der Waals surface area (Å²) in [4.78, 5) is 0.828. The minimum Gasteiger partial charge on any atom is -0.611 e. The molecule has 0 aliphatic carbocycles. The Bertz CT molecular complexity index is 892. The molecule has 2 aromatic rings. The summed E-state index contributed by atoms with van der Waals surface area (Å²) in [6, 6.07) is 13.4. The molecule has 1 heterocycles. The van der Waals surface area contributed by atoms with Crippen LogP contribution in [0.25, 0.3) is 0 Å². The van der Waals surface area contributed by atoms with Gasteiger partial charge in [0.2, 0.25) is 0 Å². The number of aliphatic hydroxyl groups is 2. The van der Waals surface area contributed by atoms with Crippen molar-refractivity contribution >= 4 is 34.1 Å². The maximum Gasteiger partial charge on any atom is 0.192 e. The molecule has 3 unspecified atom stereocenters. The second-order valence-corrected chi connectivity index (χ2v) is 10.2. The molecule has 0 aromatic heterocycles. The fraction of sp³-hybridized carbons (Fsp3) is 0.316. The average molecular weight is 439 g/mol. The van der Waals surface area contributed by atoms with Crippen LogP contribution in [0.2, 0.25) is 5.02 Å². The van der Waals surface area contributed by atoms with Gasteiger partial charge < -0.3 is 19.3 Å². The van der Waals surface area contributed by atoms with Gasteiger partial charge in [0.15, 0.2) is 20.6 Å². The van der Waals surface area contributed by atoms with Crippen LogP contribution in [0.3, 0.4) is 0 Å². The molecule has 1 fully saturated rings. The number of benzene rings is 2. The van der Waals surface area contributed by atoms with E-state index in [0.717, 1.165) is 5.56 Å². The maximum absolute atomic E-state index is 13.0. The Labute approximate surface area is 174 Å². The Morgan fingerprint density at radius 1 is 1.29 bits per heavy atom. The van der Waals surface area contributed by atoms with Crippen molar-refractivity contribution in [1.82, 2.24) is 4.31 Å². The van der Waals surface area contributed by atoms with E-state index in [2.05, 4.69) is 0 Å². The molecule has 2 N–H and O–H groups in total. The summed E-state index contributed by atoms with van der Waals surface area (Å²) >= 11 is 2.87. The summed E-state index contributed by atoms with van der Waals surface area (Å²) in [5.41, 5.74) is -0.314. The number of hydrogen-bond acceptors (Lipinski definition) is 6. The van der Waals surface area contributed by atoms with Crippen molar-refractivity contribution in [2.75, 3.05) is 19.7 Å². The van der Waals surface area contributed by atoms with E-state index in [1.165, 1.54) is 4.31 Å². The van der Waals surface area contributed by atoms with Crippen LogP contribution in [0.1, 0.15) is 11.1 Å². The third kappa shape index (κ3) is 4.17. The molecule has 0 bridgehead atoms. The van der Waals surface area contributed by atoms with Crippen molar-refractivity contribution in [3.8, 4) is 6.07 Å². The van der Waals surface area contributed by atoms with Gasteiger partial charge >= 0.3 is 0 Å². The predicted octanol–water partition coefficient (Wildman–Crippen LogP) is 1.76. The van der Waals surface area contributed by atoms with Gasteiger partial charge in [0.05, 0.1) is 47.7 Å². The molecule has 2 aromatic carbocycles. The standard InChI is InChI=1S/C19H19ClN2O4S2/c1-13-2-7-17(16(20)8-13)28(26)22-10-18(19(24,11-22)12-23)27(25)15-5-3-14(9-21)4-6-15/h2-8,18,23-24H,10-12H2,1H3/t18-,19?,27?,28?/m0/s1. The molecule has 0 amide bonds. The molecule has 148 valence electrons. The monoisotopic (exact) mass is 438 g/mol. The number of nitriles is 1. The fourth-order valence-corrected chi connectivity index (χ4v) is 6.52. The van der Waals surface area contributed by atoms with Crippen LogP contribution in [0.5, 0.6) is 0 Å². The van der Waals surface area contributed by atoms with E-state index in [1.54, 1.807) is 42.5 Å². The first kappa shape index (κ1) is 21.4. The normalized spacial score (nSPS) is 24.7. The number of aliphatic hydroxyl groups excluding tert-OH is 1. The summed E-state index contributed by atoms with van der Waals surface area (Å²) in [6.45, 7) is 1.21. The Hall–Kier alpha value is -1.28. The van der Waals surface area contributed by atoms with Crippen molar-refractivity contribution in [2.24, 2.45) is 0 Å². The molecule has 1 aliphatic heterocycles. The Morgan fingerprint density at radius 2 is 1.96 bits per heavy atom. The lowest BCUT2D eigenvalue weighted by Gasteiger charge is -2.27.